The Morgan fingerprint density at radius 2 is 1.92 bits per heavy atom. The average molecular weight is 349 g/mol. The lowest BCUT2D eigenvalue weighted by atomic mass is 10.1. The molecule has 5 heteroatoms. The summed E-state index contributed by atoms with van der Waals surface area (Å²) in [5.74, 6) is 0.515. The largest absolute Gasteiger partial charge is 0.358 e. The van der Waals surface area contributed by atoms with Gasteiger partial charge >= 0.3 is 0 Å². The molecule has 0 amide bonds. The third kappa shape index (κ3) is 2.74. The summed E-state index contributed by atoms with van der Waals surface area (Å²) in [6.07, 6.45) is 0. The Bertz CT molecular complexity index is 1080. The van der Waals surface area contributed by atoms with Crippen LogP contribution in [0, 0.1) is 6.92 Å². The first-order chi connectivity index (χ1) is 12.2. The Balaban J connectivity index is 1.63. The second-order valence-corrected chi connectivity index (χ2v) is 6.95. The number of aromatic amines is 1. The maximum atomic E-state index is 12.9. The van der Waals surface area contributed by atoms with E-state index in [1.807, 2.05) is 49.4 Å². The smallest absolute Gasteiger partial charge is 0.175 e. The fourth-order valence-corrected chi connectivity index (χ4v) is 4.26. The van der Waals surface area contributed by atoms with Crippen molar-refractivity contribution in [3.8, 4) is 0 Å². The Kier molecular flexibility index (Phi) is 4.09. The third-order valence-electron chi connectivity index (χ3n) is 4.44. The first-order valence-electron chi connectivity index (χ1n) is 8.37. The summed E-state index contributed by atoms with van der Waals surface area (Å²) < 4.78 is 2.16. The molecule has 2 aromatic heterocycles. The van der Waals surface area contributed by atoms with Gasteiger partial charge in [-0.2, -0.15) is 0 Å². The Labute approximate surface area is 150 Å². The lowest BCUT2D eigenvalue weighted by Crippen LogP contribution is -2.05. The molecule has 0 saturated carbocycles. The van der Waals surface area contributed by atoms with Gasteiger partial charge in [-0.3, -0.25) is 4.79 Å². The van der Waals surface area contributed by atoms with Crippen LogP contribution in [0.4, 0.5) is 0 Å². The van der Waals surface area contributed by atoms with Crippen molar-refractivity contribution in [2.45, 2.75) is 25.5 Å². The number of nitrogens with zero attached hydrogens (tertiary/aromatic N) is 2. The van der Waals surface area contributed by atoms with Crippen molar-refractivity contribution in [1.82, 2.24) is 14.5 Å². The van der Waals surface area contributed by atoms with E-state index in [1.54, 1.807) is 0 Å². The Morgan fingerprint density at radius 3 is 2.76 bits per heavy atom. The number of aromatic nitrogens is 3. The summed E-state index contributed by atoms with van der Waals surface area (Å²) in [7, 11) is 0. The standard InChI is InChI=1S/C20H19N3OS/c1-3-23-17-11-7-6-10-16(17)22-20(23)25-12-18(24)19-13(2)21-15-9-5-4-8-14(15)19/h4-11,21H,3,12H2,1-2H3. The van der Waals surface area contributed by atoms with Crippen LogP contribution in [0.2, 0.25) is 0 Å². The molecule has 4 rings (SSSR count). The molecule has 4 aromatic rings. The van der Waals surface area contributed by atoms with Crippen LogP contribution in [0.25, 0.3) is 21.9 Å². The van der Waals surface area contributed by atoms with Crippen molar-refractivity contribution in [2.75, 3.05) is 5.75 Å². The highest BCUT2D eigenvalue weighted by atomic mass is 32.2. The minimum atomic E-state index is 0.134. The van der Waals surface area contributed by atoms with Gasteiger partial charge in [-0.15, -0.1) is 0 Å². The number of thioether (sulfide) groups is 1. The number of hydrogen-bond donors (Lipinski definition) is 1. The lowest BCUT2D eigenvalue weighted by Gasteiger charge is -2.05. The molecule has 0 bridgehead atoms. The van der Waals surface area contributed by atoms with E-state index in [0.717, 1.165) is 44.9 Å². The number of carbonyl (C=O) groups is 1. The quantitative estimate of drug-likeness (QED) is 0.415. The van der Waals surface area contributed by atoms with Crippen molar-refractivity contribution in [2.24, 2.45) is 0 Å². The average Bonchev–Trinajstić information content (AvgIpc) is 3.15. The molecule has 0 unspecified atom stereocenters. The number of Topliss-reactive ketones (excluding diaryl/α,β-unsaturated/α-hetero) is 1. The molecule has 0 spiro atoms. The van der Waals surface area contributed by atoms with Crippen molar-refractivity contribution in [1.29, 1.82) is 0 Å². The van der Waals surface area contributed by atoms with Gasteiger partial charge in [-0.1, -0.05) is 42.1 Å². The van der Waals surface area contributed by atoms with E-state index in [2.05, 4.69) is 27.5 Å². The number of nitrogens with one attached hydrogen (secondary N) is 1. The number of rotatable bonds is 5. The molecular formula is C20H19N3OS. The van der Waals surface area contributed by atoms with Crippen LogP contribution in [0.3, 0.4) is 0 Å². The summed E-state index contributed by atoms with van der Waals surface area (Å²) in [4.78, 5) is 20.8. The molecule has 126 valence electrons. The fraction of sp³-hybridized carbons (Fsp3) is 0.200. The van der Waals surface area contributed by atoms with Gasteiger partial charge in [0, 0.05) is 28.7 Å². The third-order valence-corrected chi connectivity index (χ3v) is 5.42. The second-order valence-electron chi connectivity index (χ2n) is 6.01. The molecule has 0 saturated heterocycles. The molecule has 1 N–H and O–H groups in total. The van der Waals surface area contributed by atoms with Gasteiger partial charge in [0.25, 0.3) is 0 Å². The van der Waals surface area contributed by atoms with E-state index in [4.69, 9.17) is 0 Å². The van der Waals surface area contributed by atoms with E-state index in [0.29, 0.717) is 5.75 Å². The van der Waals surface area contributed by atoms with Crippen molar-refractivity contribution in [3.63, 3.8) is 0 Å². The van der Waals surface area contributed by atoms with Gasteiger partial charge < -0.3 is 9.55 Å². The summed E-state index contributed by atoms with van der Waals surface area (Å²) in [5.41, 5.74) is 4.82. The molecule has 4 nitrogen and oxygen atoms in total. The molecule has 25 heavy (non-hydrogen) atoms. The number of para-hydroxylation sites is 3. The summed E-state index contributed by atoms with van der Waals surface area (Å²) in [6, 6.07) is 16.0. The van der Waals surface area contributed by atoms with Gasteiger partial charge in [0.15, 0.2) is 10.9 Å². The number of imidazole rings is 1. The number of hydrogen-bond acceptors (Lipinski definition) is 3. The van der Waals surface area contributed by atoms with Crippen LogP contribution >= 0.6 is 11.8 Å². The van der Waals surface area contributed by atoms with E-state index in [9.17, 15) is 4.79 Å². The summed E-state index contributed by atoms with van der Waals surface area (Å²) in [6.45, 7) is 4.89. The summed E-state index contributed by atoms with van der Waals surface area (Å²) >= 11 is 1.51. The zero-order chi connectivity index (χ0) is 17.4. The molecule has 0 radical (unpaired) electrons. The van der Waals surface area contributed by atoms with E-state index < -0.39 is 0 Å². The van der Waals surface area contributed by atoms with Crippen LogP contribution in [-0.4, -0.2) is 26.1 Å². The minimum Gasteiger partial charge on any atom is -0.358 e. The fourth-order valence-electron chi connectivity index (χ4n) is 3.31. The minimum absolute atomic E-state index is 0.134. The number of aryl methyl sites for hydroxylation is 2. The first-order valence-corrected chi connectivity index (χ1v) is 9.36. The predicted octanol–water partition coefficient (Wildman–Crippen LogP) is 4.82. The van der Waals surface area contributed by atoms with Gasteiger partial charge in [0.2, 0.25) is 0 Å². The van der Waals surface area contributed by atoms with Crippen molar-refractivity contribution < 1.29 is 4.79 Å². The highest BCUT2D eigenvalue weighted by Gasteiger charge is 2.18. The zero-order valence-corrected chi connectivity index (χ0v) is 15.1. The molecular weight excluding hydrogens is 330 g/mol. The van der Waals surface area contributed by atoms with Crippen LogP contribution in [-0.2, 0) is 6.54 Å². The van der Waals surface area contributed by atoms with Crippen LogP contribution in [0.15, 0.2) is 53.7 Å². The van der Waals surface area contributed by atoms with Crippen molar-refractivity contribution in [3.05, 3.63) is 59.8 Å². The monoisotopic (exact) mass is 349 g/mol. The van der Waals surface area contributed by atoms with Crippen LogP contribution in [0.1, 0.15) is 23.0 Å². The Hall–Kier alpha value is -2.53. The van der Waals surface area contributed by atoms with Crippen LogP contribution < -0.4 is 0 Å². The maximum Gasteiger partial charge on any atom is 0.175 e. The number of benzene rings is 2. The van der Waals surface area contributed by atoms with Gasteiger partial charge in [0.1, 0.15) is 0 Å². The van der Waals surface area contributed by atoms with Crippen LogP contribution in [0.5, 0.6) is 0 Å². The molecule has 0 fully saturated rings. The number of H-pyrrole nitrogens is 1. The Morgan fingerprint density at radius 1 is 1.16 bits per heavy atom. The first kappa shape index (κ1) is 16.0. The number of fused-ring (bicyclic) bond motifs is 2. The number of ketones is 1. The lowest BCUT2D eigenvalue weighted by molar-refractivity contribution is 0.102. The van der Waals surface area contributed by atoms with Gasteiger partial charge in [-0.05, 0) is 32.0 Å². The molecule has 2 heterocycles. The maximum absolute atomic E-state index is 12.9. The molecule has 0 aliphatic carbocycles. The molecule has 0 atom stereocenters. The van der Waals surface area contributed by atoms with E-state index >= 15 is 0 Å². The highest BCUT2D eigenvalue weighted by molar-refractivity contribution is 7.99. The topological polar surface area (TPSA) is 50.7 Å². The highest BCUT2D eigenvalue weighted by Crippen LogP contribution is 2.27. The van der Waals surface area contributed by atoms with Crippen molar-refractivity contribution >= 4 is 39.5 Å². The van der Waals surface area contributed by atoms with Gasteiger partial charge in [-0.25, -0.2) is 4.98 Å². The number of carbonyl (C=O) groups excluding carboxylic acids is 1. The SMILES string of the molecule is CCn1c(SCC(=O)c2c(C)[nH]c3ccccc23)nc2ccccc21. The summed E-state index contributed by atoms with van der Waals surface area (Å²) in [5, 5.41) is 1.89. The predicted molar refractivity (Wildman–Crippen MR) is 103 cm³/mol. The molecule has 0 aliphatic rings. The van der Waals surface area contributed by atoms with E-state index in [1.165, 1.54) is 11.8 Å². The van der Waals surface area contributed by atoms with Gasteiger partial charge in [0.05, 0.1) is 16.8 Å². The zero-order valence-electron chi connectivity index (χ0n) is 14.2. The normalized spacial score (nSPS) is 11.4. The molecule has 0 aliphatic heterocycles. The molecule has 2 aromatic carbocycles. The second kappa shape index (κ2) is 6.41. The van der Waals surface area contributed by atoms with E-state index in [-0.39, 0.29) is 5.78 Å².